The van der Waals surface area contributed by atoms with Crippen LogP contribution in [0.4, 0.5) is 34.9 Å². The van der Waals surface area contributed by atoms with Crippen LogP contribution in [0.2, 0.25) is 0 Å². The maximum absolute atomic E-state index is 15.4. The van der Waals surface area contributed by atoms with Crippen LogP contribution in [0.1, 0.15) is 95.1 Å². The highest BCUT2D eigenvalue weighted by Gasteiger charge is 2.41. The van der Waals surface area contributed by atoms with Gasteiger partial charge in [-0.2, -0.15) is 18.3 Å². The van der Waals surface area contributed by atoms with Crippen molar-refractivity contribution in [3.8, 4) is 11.3 Å². The van der Waals surface area contributed by atoms with Crippen molar-refractivity contribution < 1.29 is 45.5 Å². The fraction of sp³-hybridized carbons (Fsp3) is 0.511. The van der Waals surface area contributed by atoms with E-state index in [9.17, 15) is 41.1 Å². The number of rotatable bonds is 11. The fourth-order valence-electron chi connectivity index (χ4n) is 9.62. The van der Waals surface area contributed by atoms with Gasteiger partial charge < -0.3 is 20.2 Å². The number of piperidine rings is 3. The Kier molecular flexibility index (Phi) is 12.8. The molecule has 4 aromatic rings. The van der Waals surface area contributed by atoms with Crippen molar-refractivity contribution in [3.05, 3.63) is 78.0 Å². The lowest BCUT2D eigenvalue weighted by molar-refractivity contribution is -0.139. The number of imide groups is 1. The minimum absolute atomic E-state index is 0.000927. The van der Waals surface area contributed by atoms with E-state index in [2.05, 4.69) is 47.5 Å². The zero-order valence-corrected chi connectivity index (χ0v) is 37.0. The third-order valence-electron chi connectivity index (χ3n) is 13.3. The number of halogens is 4. The molecule has 20 heteroatoms. The molecule has 3 saturated heterocycles. The molecule has 1 atom stereocenters. The standard InChI is InChI=1S/C45H53F4N9O6S/c1-43(2,62)27-58-26-30(24-51-58)39-35(45(47,48)49)25-50-42(54-39)52-37-12-10-33(23-36(37)46)65(63,64)55-31-8-6-28(7-9-31)41(61)57-20-16-44(17-21-57)14-18-56(19-15-44)32-5-3-4-29(22-32)34-11-13-38(59)53-40(34)60/h3-5,10,12,22-26,28,31,34,55,62H,6-9,11,13-21,27H2,1-2H3,(H,50,52,54)(H,53,59,60). The monoisotopic (exact) mass is 923 g/mol. The SMILES string of the molecule is CC(C)(O)Cn1cc(-c2nc(Nc3ccc(S(=O)(=O)NC4CCC(C(=O)N5CCC6(CC5)CCN(c5cccc(C7CCC(=O)NC7=O)c5)CC6)CC4)cc3F)ncc2C(F)(F)F)cn1. The number of sulfonamides is 1. The predicted octanol–water partition coefficient (Wildman–Crippen LogP) is 6.28. The molecule has 3 amide bonds. The van der Waals surface area contributed by atoms with Gasteiger partial charge in [-0.3, -0.25) is 24.4 Å². The molecule has 0 radical (unpaired) electrons. The Morgan fingerprint density at radius 3 is 2.32 bits per heavy atom. The van der Waals surface area contributed by atoms with Crippen molar-refractivity contribution >= 4 is 45.1 Å². The predicted molar refractivity (Wildman–Crippen MR) is 232 cm³/mol. The van der Waals surface area contributed by atoms with Gasteiger partial charge in [-0.1, -0.05) is 12.1 Å². The molecule has 0 bridgehead atoms. The molecule has 5 heterocycles. The Hall–Kier alpha value is -5.47. The molecule has 1 unspecified atom stereocenters. The van der Waals surface area contributed by atoms with E-state index in [1.54, 1.807) is 0 Å². The van der Waals surface area contributed by atoms with E-state index in [0.29, 0.717) is 57.8 Å². The van der Waals surface area contributed by atoms with Gasteiger partial charge in [0.25, 0.3) is 0 Å². The van der Waals surface area contributed by atoms with Gasteiger partial charge in [0.2, 0.25) is 33.7 Å². The average Bonchev–Trinajstić information content (AvgIpc) is 3.71. The molecule has 65 heavy (non-hydrogen) atoms. The summed E-state index contributed by atoms with van der Waals surface area (Å²) in [6, 6.07) is 10.7. The Morgan fingerprint density at radius 1 is 0.954 bits per heavy atom. The summed E-state index contributed by atoms with van der Waals surface area (Å²) in [5, 5.41) is 19.1. The third kappa shape index (κ3) is 10.6. The van der Waals surface area contributed by atoms with Crippen LogP contribution in [-0.4, -0.2) is 93.7 Å². The van der Waals surface area contributed by atoms with E-state index in [1.807, 2.05) is 17.0 Å². The second kappa shape index (κ2) is 18.1. The van der Waals surface area contributed by atoms with Crippen molar-refractivity contribution in [2.24, 2.45) is 11.3 Å². The van der Waals surface area contributed by atoms with Gasteiger partial charge in [-0.15, -0.1) is 0 Å². The van der Waals surface area contributed by atoms with Gasteiger partial charge in [-0.05, 0) is 113 Å². The summed E-state index contributed by atoms with van der Waals surface area (Å²) in [5.74, 6) is -2.31. The molecule has 3 aliphatic heterocycles. The quantitative estimate of drug-likeness (QED) is 0.0979. The highest BCUT2D eigenvalue weighted by molar-refractivity contribution is 7.89. The number of carbonyl (C=O) groups excluding carboxylic acids is 3. The number of carbonyl (C=O) groups is 3. The first-order valence-corrected chi connectivity index (χ1v) is 23.5. The number of alkyl halides is 3. The van der Waals surface area contributed by atoms with E-state index < -0.39 is 44.9 Å². The molecule has 4 fully saturated rings. The van der Waals surface area contributed by atoms with Crippen LogP contribution >= 0.6 is 0 Å². The Labute approximate surface area is 374 Å². The van der Waals surface area contributed by atoms with Gasteiger partial charge in [0.05, 0.1) is 40.5 Å². The van der Waals surface area contributed by atoms with Crippen LogP contribution in [0.25, 0.3) is 11.3 Å². The largest absolute Gasteiger partial charge is 0.419 e. The zero-order valence-electron chi connectivity index (χ0n) is 36.2. The van der Waals surface area contributed by atoms with Crippen LogP contribution in [0.15, 0.2) is 66.0 Å². The first-order valence-electron chi connectivity index (χ1n) is 22.0. The Balaban J connectivity index is 0.813. The van der Waals surface area contributed by atoms with Gasteiger partial charge >= 0.3 is 6.18 Å². The van der Waals surface area contributed by atoms with Crippen molar-refractivity contribution in [1.29, 1.82) is 0 Å². The normalized spacial score (nSPS) is 21.9. The van der Waals surface area contributed by atoms with Gasteiger partial charge in [0.15, 0.2) is 0 Å². The second-order valence-corrected chi connectivity index (χ2v) is 20.3. The maximum atomic E-state index is 15.4. The number of anilines is 3. The van der Waals surface area contributed by atoms with Crippen molar-refractivity contribution in [1.82, 2.24) is 34.7 Å². The van der Waals surface area contributed by atoms with Crippen molar-refractivity contribution in [2.75, 3.05) is 36.4 Å². The zero-order chi connectivity index (χ0) is 46.3. The number of aromatic nitrogens is 4. The summed E-state index contributed by atoms with van der Waals surface area (Å²) < 4.78 is 88.0. The Bertz CT molecular complexity index is 2540. The van der Waals surface area contributed by atoms with Crippen molar-refractivity contribution in [3.63, 3.8) is 0 Å². The molecule has 1 saturated carbocycles. The summed E-state index contributed by atoms with van der Waals surface area (Å²) >= 11 is 0. The average molecular weight is 924 g/mol. The summed E-state index contributed by atoms with van der Waals surface area (Å²) in [4.78, 5) is 49.5. The van der Waals surface area contributed by atoms with E-state index in [4.69, 9.17) is 0 Å². The number of nitrogens with one attached hydrogen (secondary N) is 3. The molecule has 4 N–H and O–H groups in total. The van der Waals surface area contributed by atoms with E-state index in [-0.39, 0.29) is 63.6 Å². The molecule has 2 aromatic heterocycles. The molecular weight excluding hydrogens is 871 g/mol. The number of benzene rings is 2. The number of nitrogens with zero attached hydrogens (tertiary/aromatic N) is 6. The molecule has 1 spiro atoms. The summed E-state index contributed by atoms with van der Waals surface area (Å²) in [6.07, 6.45) is 4.74. The summed E-state index contributed by atoms with van der Waals surface area (Å²) in [6.45, 7) is 6.14. The number of aliphatic hydroxyl groups is 1. The lowest BCUT2D eigenvalue weighted by Gasteiger charge is -2.48. The first-order chi connectivity index (χ1) is 30.7. The highest BCUT2D eigenvalue weighted by atomic mass is 32.2. The first kappa shape index (κ1) is 46.1. The van der Waals surface area contributed by atoms with Crippen LogP contribution in [0, 0.1) is 17.2 Å². The molecule has 4 aliphatic rings. The summed E-state index contributed by atoms with van der Waals surface area (Å²) in [5.41, 5.74) is -1.01. The minimum Gasteiger partial charge on any atom is -0.389 e. The second-order valence-electron chi connectivity index (χ2n) is 18.5. The maximum Gasteiger partial charge on any atom is 0.419 e. The molecule has 2 aromatic carbocycles. The smallest absolute Gasteiger partial charge is 0.389 e. The van der Waals surface area contributed by atoms with Crippen LogP contribution < -0.4 is 20.3 Å². The number of hydrogen-bond acceptors (Lipinski definition) is 11. The number of likely N-dealkylation sites (tertiary alicyclic amines) is 1. The van der Waals surface area contributed by atoms with Gasteiger partial charge in [0, 0.05) is 68.2 Å². The van der Waals surface area contributed by atoms with Crippen molar-refractivity contribution in [2.45, 2.75) is 113 Å². The van der Waals surface area contributed by atoms with Gasteiger partial charge in [0.1, 0.15) is 11.4 Å². The molecule has 348 valence electrons. The van der Waals surface area contributed by atoms with E-state index >= 15 is 4.39 Å². The van der Waals surface area contributed by atoms with Crippen LogP contribution in [-0.2, 0) is 37.1 Å². The number of hydrogen-bond donors (Lipinski definition) is 4. The molecular formula is C45H53F4N9O6S. The van der Waals surface area contributed by atoms with E-state index in [1.165, 1.54) is 30.8 Å². The number of amides is 3. The lowest BCUT2D eigenvalue weighted by Crippen LogP contribution is -2.50. The molecule has 8 rings (SSSR count). The van der Waals surface area contributed by atoms with Crippen LogP contribution in [0.5, 0.6) is 0 Å². The lowest BCUT2D eigenvalue weighted by atomic mass is 9.71. The van der Waals surface area contributed by atoms with Crippen LogP contribution in [0.3, 0.4) is 0 Å². The molecule has 15 nitrogen and oxygen atoms in total. The third-order valence-corrected chi connectivity index (χ3v) is 14.8. The summed E-state index contributed by atoms with van der Waals surface area (Å²) in [7, 11) is -4.18. The van der Waals surface area contributed by atoms with Gasteiger partial charge in [-0.25, -0.2) is 27.5 Å². The highest BCUT2D eigenvalue weighted by Crippen LogP contribution is 2.43. The molecule has 1 aliphatic carbocycles. The fourth-order valence-corrected chi connectivity index (χ4v) is 10.9. The Morgan fingerprint density at radius 2 is 1.66 bits per heavy atom. The van der Waals surface area contributed by atoms with E-state index in [0.717, 1.165) is 68.4 Å². The minimum atomic E-state index is -4.83. The topological polar surface area (TPSA) is 192 Å².